The van der Waals surface area contributed by atoms with E-state index in [1.165, 1.54) is 12.3 Å². The number of hydrogen-bond donors (Lipinski definition) is 2. The van der Waals surface area contributed by atoms with E-state index in [-0.39, 0.29) is 17.5 Å². The van der Waals surface area contributed by atoms with Crippen LogP contribution in [0.15, 0.2) is 103 Å². The van der Waals surface area contributed by atoms with E-state index >= 15 is 0 Å². The highest BCUT2D eigenvalue weighted by Gasteiger charge is 2.32. The second-order valence-corrected chi connectivity index (χ2v) is 9.16. The first-order valence-corrected chi connectivity index (χ1v) is 12.4. The summed E-state index contributed by atoms with van der Waals surface area (Å²) in [7, 11) is 0. The van der Waals surface area contributed by atoms with Crippen molar-refractivity contribution in [2.24, 2.45) is 0 Å². The van der Waals surface area contributed by atoms with Gasteiger partial charge in [-0.1, -0.05) is 48.5 Å². The molecular weight excluding hydrogens is 517 g/mol. The minimum atomic E-state index is -4.60. The Morgan fingerprint density at radius 2 is 1.60 bits per heavy atom. The van der Waals surface area contributed by atoms with Crippen LogP contribution in [-0.2, 0) is 6.18 Å². The molecule has 0 spiro atoms. The molecule has 0 bridgehead atoms. The monoisotopic (exact) mass is 540 g/mol. The van der Waals surface area contributed by atoms with Crippen LogP contribution in [0.2, 0.25) is 0 Å². The molecule has 3 aromatic carbocycles. The van der Waals surface area contributed by atoms with Crippen molar-refractivity contribution in [2.45, 2.75) is 19.1 Å². The van der Waals surface area contributed by atoms with Crippen molar-refractivity contribution in [1.82, 2.24) is 15.3 Å². The summed E-state index contributed by atoms with van der Waals surface area (Å²) in [6.07, 6.45) is -1.52. The number of halogens is 3. The van der Waals surface area contributed by atoms with Crippen LogP contribution >= 0.6 is 0 Å². The maximum Gasteiger partial charge on any atom is 0.416 e. The molecule has 0 saturated heterocycles. The van der Waals surface area contributed by atoms with E-state index in [9.17, 15) is 22.8 Å². The van der Waals surface area contributed by atoms with Gasteiger partial charge in [-0.2, -0.15) is 13.2 Å². The van der Waals surface area contributed by atoms with Gasteiger partial charge in [-0.25, -0.2) is 0 Å². The molecule has 200 valence electrons. The lowest BCUT2D eigenvalue weighted by molar-refractivity contribution is -0.137. The number of hydrogen-bond acceptors (Lipinski definition) is 4. The Kier molecular flexibility index (Phi) is 7.29. The largest absolute Gasteiger partial charge is 0.416 e. The number of amides is 2. The number of fused-ring (bicyclic) bond motifs is 1. The molecule has 0 radical (unpaired) electrons. The zero-order valence-corrected chi connectivity index (χ0v) is 21.2. The van der Waals surface area contributed by atoms with E-state index in [1.807, 2.05) is 19.1 Å². The number of nitrogens with one attached hydrogen (secondary N) is 2. The van der Waals surface area contributed by atoms with Gasteiger partial charge >= 0.3 is 6.18 Å². The fourth-order valence-electron chi connectivity index (χ4n) is 4.29. The maximum absolute atomic E-state index is 13.4. The molecule has 2 aromatic heterocycles. The van der Waals surface area contributed by atoms with Gasteiger partial charge in [0.15, 0.2) is 0 Å². The van der Waals surface area contributed by atoms with E-state index < -0.39 is 17.6 Å². The molecule has 0 aliphatic heterocycles. The maximum atomic E-state index is 13.4. The molecule has 2 heterocycles. The fourth-order valence-corrected chi connectivity index (χ4v) is 4.29. The first-order chi connectivity index (χ1) is 19.2. The summed E-state index contributed by atoms with van der Waals surface area (Å²) in [5, 5.41) is 6.23. The van der Waals surface area contributed by atoms with Crippen molar-refractivity contribution in [1.29, 1.82) is 0 Å². The molecule has 40 heavy (non-hydrogen) atoms. The lowest BCUT2D eigenvalue weighted by atomic mass is 9.96. The zero-order chi connectivity index (χ0) is 28.3. The number of anilines is 1. The van der Waals surface area contributed by atoms with Gasteiger partial charge in [-0.3, -0.25) is 19.6 Å². The summed E-state index contributed by atoms with van der Waals surface area (Å²) in [6.45, 7) is 1.83. The lowest BCUT2D eigenvalue weighted by Crippen LogP contribution is -2.27. The van der Waals surface area contributed by atoms with Crippen LogP contribution in [0.4, 0.5) is 18.9 Å². The van der Waals surface area contributed by atoms with Gasteiger partial charge in [-0.15, -0.1) is 0 Å². The molecule has 1 unspecified atom stereocenters. The summed E-state index contributed by atoms with van der Waals surface area (Å²) in [5.74, 6) is -1.01. The lowest BCUT2D eigenvalue weighted by Gasteiger charge is -2.15. The first-order valence-electron chi connectivity index (χ1n) is 12.4. The highest BCUT2D eigenvalue weighted by Crippen LogP contribution is 2.34. The molecule has 0 aliphatic carbocycles. The van der Waals surface area contributed by atoms with Crippen LogP contribution in [0.5, 0.6) is 0 Å². The van der Waals surface area contributed by atoms with E-state index in [2.05, 4.69) is 20.6 Å². The average Bonchev–Trinajstić information content (AvgIpc) is 2.97. The number of pyridine rings is 2. The minimum Gasteiger partial charge on any atom is -0.344 e. The molecule has 6 nitrogen and oxygen atoms in total. The third kappa shape index (κ3) is 5.83. The highest BCUT2D eigenvalue weighted by molar-refractivity contribution is 6.09. The van der Waals surface area contributed by atoms with Crippen LogP contribution in [0.25, 0.3) is 22.0 Å². The predicted molar refractivity (Wildman–Crippen MR) is 147 cm³/mol. The zero-order valence-electron chi connectivity index (χ0n) is 21.2. The molecule has 9 heteroatoms. The normalized spacial score (nSPS) is 12.1. The minimum absolute atomic E-state index is 0.108. The summed E-state index contributed by atoms with van der Waals surface area (Å²) in [4.78, 5) is 34.6. The Morgan fingerprint density at radius 3 is 2.33 bits per heavy atom. The Hall–Kier alpha value is -5.05. The Balaban J connectivity index is 1.38. The first kappa shape index (κ1) is 26.6. The Labute approximate surface area is 227 Å². The van der Waals surface area contributed by atoms with Crippen molar-refractivity contribution in [3.05, 3.63) is 126 Å². The molecule has 2 N–H and O–H groups in total. The van der Waals surface area contributed by atoms with Crippen molar-refractivity contribution in [3.8, 4) is 11.1 Å². The highest BCUT2D eigenvalue weighted by atomic mass is 19.4. The summed E-state index contributed by atoms with van der Waals surface area (Å²) in [5.41, 5.74) is 1.89. The third-order valence-corrected chi connectivity index (χ3v) is 6.36. The van der Waals surface area contributed by atoms with Crippen LogP contribution in [0, 0.1) is 0 Å². The van der Waals surface area contributed by atoms with Gasteiger partial charge < -0.3 is 10.6 Å². The van der Waals surface area contributed by atoms with Crippen LogP contribution in [-0.4, -0.2) is 21.8 Å². The number of alkyl halides is 3. The quantitative estimate of drug-likeness (QED) is 0.242. The number of rotatable bonds is 6. The number of carbonyl (C=O) groups is 2. The Bertz CT molecular complexity index is 1690. The van der Waals surface area contributed by atoms with Crippen molar-refractivity contribution < 1.29 is 22.8 Å². The van der Waals surface area contributed by atoms with Gasteiger partial charge in [0, 0.05) is 29.0 Å². The molecule has 0 fully saturated rings. The molecule has 1 atom stereocenters. The van der Waals surface area contributed by atoms with Crippen LogP contribution < -0.4 is 10.6 Å². The van der Waals surface area contributed by atoms with E-state index in [0.29, 0.717) is 33.3 Å². The van der Waals surface area contributed by atoms with Crippen molar-refractivity contribution in [2.75, 3.05) is 5.32 Å². The SMILES string of the molecule is CC(NC(=O)c1cnc2cc(NC(=O)c3cc(C(F)(F)F)ccc3-c3ccccc3)ccc2c1)c1ccccn1. The summed E-state index contributed by atoms with van der Waals surface area (Å²) < 4.78 is 40.3. The van der Waals surface area contributed by atoms with Gasteiger partial charge in [0.05, 0.1) is 28.4 Å². The summed E-state index contributed by atoms with van der Waals surface area (Å²) in [6, 6.07) is 23.6. The molecule has 0 saturated carbocycles. The van der Waals surface area contributed by atoms with E-state index in [0.717, 1.165) is 17.8 Å². The fraction of sp³-hybridized carbons (Fsp3) is 0.0968. The van der Waals surface area contributed by atoms with Crippen LogP contribution in [0.1, 0.15) is 44.9 Å². The second-order valence-electron chi connectivity index (χ2n) is 9.16. The molecule has 2 amide bonds. The van der Waals surface area contributed by atoms with Crippen LogP contribution in [0.3, 0.4) is 0 Å². The standard InChI is InChI=1S/C31H23F3N4O2/c1-19(27-9-5-6-14-35-27)37-29(39)22-15-21-10-12-24(17-28(21)36-18-22)38-30(40)26-16-23(31(32,33)34)11-13-25(26)20-7-3-2-4-8-20/h2-19H,1H3,(H,37,39)(H,38,40). The Morgan fingerprint density at radius 1 is 0.825 bits per heavy atom. The van der Waals surface area contributed by atoms with E-state index in [1.54, 1.807) is 66.9 Å². The number of aromatic nitrogens is 2. The third-order valence-electron chi connectivity index (χ3n) is 6.36. The molecule has 5 aromatic rings. The van der Waals surface area contributed by atoms with Gasteiger partial charge in [0.2, 0.25) is 0 Å². The molecule has 0 aliphatic rings. The number of nitrogens with zero attached hydrogens (tertiary/aromatic N) is 2. The predicted octanol–water partition coefficient (Wildman–Crippen LogP) is 7.06. The van der Waals surface area contributed by atoms with Gasteiger partial charge in [0.25, 0.3) is 11.8 Å². The van der Waals surface area contributed by atoms with E-state index in [4.69, 9.17) is 0 Å². The van der Waals surface area contributed by atoms with Gasteiger partial charge in [0.1, 0.15) is 0 Å². The average molecular weight is 541 g/mol. The number of benzene rings is 3. The smallest absolute Gasteiger partial charge is 0.344 e. The summed E-state index contributed by atoms with van der Waals surface area (Å²) >= 11 is 0. The number of carbonyl (C=O) groups excluding carboxylic acids is 2. The van der Waals surface area contributed by atoms with Crippen molar-refractivity contribution >= 4 is 28.4 Å². The molecule has 5 rings (SSSR count). The topological polar surface area (TPSA) is 84.0 Å². The second kappa shape index (κ2) is 11.0. The van der Waals surface area contributed by atoms with Gasteiger partial charge in [-0.05, 0) is 60.5 Å². The van der Waals surface area contributed by atoms with Crippen molar-refractivity contribution in [3.63, 3.8) is 0 Å². The molecular formula is C31H23F3N4O2.